The fraction of sp³-hybridized carbons (Fsp3) is 0.222. The van der Waals surface area contributed by atoms with E-state index in [0.29, 0.717) is 15.2 Å². The lowest BCUT2D eigenvalue weighted by Gasteiger charge is -2.09. The van der Waals surface area contributed by atoms with Crippen LogP contribution in [0, 0.1) is 0 Å². The summed E-state index contributed by atoms with van der Waals surface area (Å²) in [6.45, 7) is 1.76. The second kappa shape index (κ2) is 5.14. The topological polar surface area (TPSA) is 29.1 Å². The fourth-order valence-electron chi connectivity index (χ4n) is 0.833. The van der Waals surface area contributed by atoms with Gasteiger partial charge < -0.3 is 5.32 Å². The van der Waals surface area contributed by atoms with Gasteiger partial charge in [-0.2, -0.15) is 0 Å². The Labute approximate surface area is 104 Å². The molecule has 0 aromatic heterocycles. The van der Waals surface area contributed by atoms with E-state index in [9.17, 15) is 4.79 Å². The number of amides is 1. The van der Waals surface area contributed by atoms with Crippen molar-refractivity contribution in [1.29, 1.82) is 0 Å². The highest BCUT2D eigenvalue weighted by Gasteiger charge is 2.11. The Morgan fingerprint density at radius 3 is 2.79 bits per heavy atom. The van der Waals surface area contributed by atoms with Crippen LogP contribution < -0.4 is 5.32 Å². The summed E-state index contributed by atoms with van der Waals surface area (Å²) in [4.78, 5) is 11.1. The minimum absolute atomic E-state index is 0.104. The Balaban J connectivity index is 2.87. The largest absolute Gasteiger partial charge is 0.324 e. The van der Waals surface area contributed by atoms with Gasteiger partial charge in [0, 0.05) is 0 Å². The Hall–Kier alpha value is -0.0600. The highest BCUT2D eigenvalue weighted by atomic mass is 79.9. The molecule has 0 saturated heterocycles. The van der Waals surface area contributed by atoms with Gasteiger partial charge >= 0.3 is 0 Å². The number of rotatable bonds is 2. The van der Waals surface area contributed by atoms with E-state index >= 15 is 0 Å². The van der Waals surface area contributed by atoms with E-state index in [1.807, 2.05) is 0 Å². The molecular weight excluding hydrogens is 333 g/mol. The van der Waals surface area contributed by atoms with Crippen LogP contribution in [-0.4, -0.2) is 10.7 Å². The van der Waals surface area contributed by atoms with E-state index in [2.05, 4.69) is 37.2 Å². The first-order valence-electron chi connectivity index (χ1n) is 3.91. The molecule has 0 aliphatic heterocycles. The van der Waals surface area contributed by atoms with Crippen LogP contribution in [-0.2, 0) is 4.79 Å². The van der Waals surface area contributed by atoms with Gasteiger partial charge in [-0.1, -0.05) is 33.6 Å². The zero-order chi connectivity index (χ0) is 10.7. The average molecular weight is 341 g/mol. The van der Waals surface area contributed by atoms with E-state index in [1.54, 1.807) is 25.1 Å². The molecule has 0 radical (unpaired) electrons. The molecule has 76 valence electrons. The van der Waals surface area contributed by atoms with Crippen LogP contribution in [0.15, 0.2) is 22.7 Å². The number of anilines is 1. The standard InChI is InChI=1S/C9H8Br2ClNO/c1-5(10)9(14)13-7-4-2-3-6(12)8(7)11/h2-5H,1H3,(H,13,14). The van der Waals surface area contributed by atoms with Crippen molar-refractivity contribution in [3.05, 3.63) is 27.7 Å². The van der Waals surface area contributed by atoms with Crippen LogP contribution in [0.4, 0.5) is 5.69 Å². The monoisotopic (exact) mass is 339 g/mol. The minimum atomic E-state index is -0.228. The van der Waals surface area contributed by atoms with E-state index in [-0.39, 0.29) is 10.7 Å². The molecular formula is C9H8Br2ClNO. The van der Waals surface area contributed by atoms with Crippen molar-refractivity contribution in [1.82, 2.24) is 0 Å². The third-order valence-corrected chi connectivity index (χ3v) is 3.38. The lowest BCUT2D eigenvalue weighted by Crippen LogP contribution is -2.20. The number of hydrogen-bond donors (Lipinski definition) is 1. The number of hydrogen-bond acceptors (Lipinski definition) is 1. The number of carbonyl (C=O) groups is 1. The molecule has 0 heterocycles. The zero-order valence-corrected chi connectivity index (χ0v) is 11.3. The van der Waals surface area contributed by atoms with Crippen LogP contribution in [0.25, 0.3) is 0 Å². The predicted octanol–water partition coefficient (Wildman–Crippen LogP) is 3.82. The maximum Gasteiger partial charge on any atom is 0.237 e. The van der Waals surface area contributed by atoms with Gasteiger partial charge in [-0.15, -0.1) is 0 Å². The summed E-state index contributed by atoms with van der Waals surface area (Å²) >= 11 is 12.3. The van der Waals surface area contributed by atoms with Gasteiger partial charge in [0.1, 0.15) is 0 Å². The Morgan fingerprint density at radius 2 is 2.21 bits per heavy atom. The van der Waals surface area contributed by atoms with Crippen molar-refractivity contribution < 1.29 is 4.79 Å². The summed E-state index contributed by atoms with van der Waals surface area (Å²) in [7, 11) is 0. The van der Waals surface area contributed by atoms with Crippen LogP contribution >= 0.6 is 43.5 Å². The van der Waals surface area contributed by atoms with E-state index in [1.165, 1.54) is 0 Å². The van der Waals surface area contributed by atoms with E-state index in [0.717, 1.165) is 0 Å². The normalized spacial score (nSPS) is 12.3. The molecule has 1 rings (SSSR count). The van der Waals surface area contributed by atoms with Gasteiger partial charge in [-0.25, -0.2) is 0 Å². The van der Waals surface area contributed by atoms with Gasteiger partial charge in [-0.3, -0.25) is 4.79 Å². The van der Waals surface area contributed by atoms with Crippen LogP contribution in [0.2, 0.25) is 5.02 Å². The molecule has 5 heteroatoms. The smallest absolute Gasteiger partial charge is 0.237 e. The first kappa shape index (κ1) is 12.0. The lowest BCUT2D eigenvalue weighted by atomic mass is 10.3. The molecule has 1 unspecified atom stereocenters. The summed E-state index contributed by atoms with van der Waals surface area (Å²) in [5.74, 6) is -0.104. The molecule has 1 N–H and O–H groups in total. The van der Waals surface area contributed by atoms with Gasteiger partial charge in [0.05, 0.1) is 20.0 Å². The van der Waals surface area contributed by atoms with Gasteiger partial charge in [-0.05, 0) is 35.0 Å². The molecule has 1 aromatic rings. The molecule has 1 atom stereocenters. The third-order valence-electron chi connectivity index (χ3n) is 1.57. The number of carbonyl (C=O) groups excluding carboxylic acids is 1. The van der Waals surface area contributed by atoms with Gasteiger partial charge in [0.2, 0.25) is 5.91 Å². The average Bonchev–Trinajstić information content (AvgIpc) is 2.12. The molecule has 0 saturated carbocycles. The second-order valence-corrected chi connectivity index (χ2v) is 5.28. The maximum atomic E-state index is 11.4. The summed E-state index contributed by atoms with van der Waals surface area (Å²) in [5, 5.41) is 3.31. The minimum Gasteiger partial charge on any atom is -0.324 e. The number of nitrogens with one attached hydrogen (secondary N) is 1. The number of halogens is 3. The van der Waals surface area contributed by atoms with Crippen molar-refractivity contribution in [2.45, 2.75) is 11.8 Å². The quantitative estimate of drug-likeness (QED) is 0.814. The first-order chi connectivity index (χ1) is 6.52. The maximum absolute atomic E-state index is 11.4. The number of alkyl halides is 1. The third kappa shape index (κ3) is 2.97. The number of benzene rings is 1. The summed E-state index contributed by atoms with van der Waals surface area (Å²) in [6, 6.07) is 5.31. The lowest BCUT2D eigenvalue weighted by molar-refractivity contribution is -0.115. The fourth-order valence-corrected chi connectivity index (χ4v) is 1.48. The summed E-state index contributed by atoms with van der Waals surface area (Å²) in [5.41, 5.74) is 0.675. The van der Waals surface area contributed by atoms with Gasteiger partial charge in [0.15, 0.2) is 0 Å². The zero-order valence-electron chi connectivity index (χ0n) is 7.35. The van der Waals surface area contributed by atoms with Crippen LogP contribution in [0.5, 0.6) is 0 Å². The van der Waals surface area contributed by atoms with Crippen molar-refractivity contribution in [3.63, 3.8) is 0 Å². The Bertz CT molecular complexity index is 355. The van der Waals surface area contributed by atoms with Crippen LogP contribution in [0.1, 0.15) is 6.92 Å². The first-order valence-corrected chi connectivity index (χ1v) is 6.00. The molecule has 1 aromatic carbocycles. The SMILES string of the molecule is CC(Br)C(=O)Nc1cccc(Cl)c1Br. The molecule has 1 amide bonds. The second-order valence-electron chi connectivity index (χ2n) is 2.71. The van der Waals surface area contributed by atoms with E-state index < -0.39 is 0 Å². The molecule has 2 nitrogen and oxygen atoms in total. The molecule has 14 heavy (non-hydrogen) atoms. The Morgan fingerprint density at radius 1 is 1.57 bits per heavy atom. The Kier molecular flexibility index (Phi) is 4.41. The van der Waals surface area contributed by atoms with Crippen LogP contribution in [0.3, 0.4) is 0 Å². The highest BCUT2D eigenvalue weighted by Crippen LogP contribution is 2.30. The van der Waals surface area contributed by atoms with Crippen molar-refractivity contribution in [3.8, 4) is 0 Å². The molecule has 0 aliphatic carbocycles. The molecule has 0 spiro atoms. The summed E-state index contributed by atoms with van der Waals surface area (Å²) in [6.07, 6.45) is 0. The van der Waals surface area contributed by atoms with Crippen molar-refractivity contribution >= 4 is 55.1 Å². The molecule has 0 fully saturated rings. The predicted molar refractivity (Wildman–Crippen MR) is 66.2 cm³/mol. The van der Waals surface area contributed by atoms with Crippen molar-refractivity contribution in [2.75, 3.05) is 5.32 Å². The van der Waals surface area contributed by atoms with Crippen molar-refractivity contribution in [2.24, 2.45) is 0 Å². The molecule has 0 bridgehead atoms. The van der Waals surface area contributed by atoms with Gasteiger partial charge in [0.25, 0.3) is 0 Å². The molecule has 0 aliphatic rings. The summed E-state index contributed by atoms with van der Waals surface area (Å²) < 4.78 is 0.697. The van der Waals surface area contributed by atoms with E-state index in [4.69, 9.17) is 11.6 Å². The highest BCUT2D eigenvalue weighted by molar-refractivity contribution is 9.10.